The first kappa shape index (κ1) is 11.6. The van der Waals surface area contributed by atoms with Crippen molar-refractivity contribution >= 4 is 10.4 Å². The Labute approximate surface area is 71.3 Å². The summed E-state index contributed by atoms with van der Waals surface area (Å²) in [6.45, 7) is 2.10. The Balaban J connectivity index is 0.000000217. The summed E-state index contributed by atoms with van der Waals surface area (Å²) in [6, 6.07) is 0. The largest absolute Gasteiger partial charge is 0.394 e. The highest BCUT2D eigenvalue weighted by molar-refractivity contribution is 7.79. The minimum atomic E-state index is -4.67. The summed E-state index contributed by atoms with van der Waals surface area (Å²) in [5.74, 6) is 0.593. The average molecular weight is 196 g/mol. The molecule has 0 radical (unpaired) electrons. The van der Waals surface area contributed by atoms with Crippen molar-refractivity contribution in [3.8, 4) is 0 Å². The minimum absolute atomic E-state index is 0.157. The van der Waals surface area contributed by atoms with E-state index in [2.05, 4.69) is 6.92 Å². The lowest BCUT2D eigenvalue weighted by Crippen LogP contribution is -1.97. The second-order valence-corrected chi connectivity index (χ2v) is 3.51. The molecule has 6 heteroatoms. The van der Waals surface area contributed by atoms with E-state index in [4.69, 9.17) is 22.6 Å². The van der Waals surface area contributed by atoms with Crippen molar-refractivity contribution in [3.63, 3.8) is 0 Å². The van der Waals surface area contributed by atoms with Gasteiger partial charge in [0.15, 0.2) is 0 Å². The van der Waals surface area contributed by atoms with Crippen LogP contribution in [0.3, 0.4) is 0 Å². The van der Waals surface area contributed by atoms with E-state index in [1.807, 2.05) is 12.2 Å². The lowest BCUT2D eigenvalue weighted by molar-refractivity contribution is 0.212. The maximum absolute atomic E-state index is 8.81. The highest BCUT2D eigenvalue weighted by Gasteiger charge is 2.10. The van der Waals surface area contributed by atoms with Gasteiger partial charge in [-0.2, -0.15) is 8.42 Å². The molecule has 72 valence electrons. The van der Waals surface area contributed by atoms with E-state index in [0.717, 1.165) is 6.42 Å². The Morgan fingerprint density at radius 1 is 1.33 bits per heavy atom. The molecule has 0 aliphatic heterocycles. The molecule has 0 spiro atoms. The Morgan fingerprint density at radius 2 is 1.75 bits per heavy atom. The highest BCUT2D eigenvalue weighted by atomic mass is 32.3. The summed E-state index contributed by atoms with van der Waals surface area (Å²) >= 11 is 0. The van der Waals surface area contributed by atoms with Gasteiger partial charge in [0.05, 0.1) is 6.10 Å². The molecule has 2 atom stereocenters. The van der Waals surface area contributed by atoms with Crippen molar-refractivity contribution in [2.45, 2.75) is 19.4 Å². The van der Waals surface area contributed by atoms with Gasteiger partial charge < -0.3 is 5.11 Å². The predicted molar refractivity (Wildman–Crippen MR) is 43.1 cm³/mol. The third kappa shape index (κ3) is 9.57. The fourth-order valence-corrected chi connectivity index (χ4v) is 0.856. The van der Waals surface area contributed by atoms with Crippen LogP contribution < -0.4 is 0 Å². The standard InChI is InChI=1S/C6H10O.H2O4S/c1-5-2-3-6(7)4-5;1-5(2,3)4/h2-3,5-7H,4H2,1H3;(H2,1,2,3,4)/t5-,6+;/m1./s1. The van der Waals surface area contributed by atoms with Crippen LogP contribution in [0.15, 0.2) is 12.2 Å². The molecule has 5 nitrogen and oxygen atoms in total. The van der Waals surface area contributed by atoms with Gasteiger partial charge in [0.25, 0.3) is 0 Å². The van der Waals surface area contributed by atoms with E-state index in [1.165, 1.54) is 0 Å². The van der Waals surface area contributed by atoms with Crippen LogP contribution in [0.2, 0.25) is 0 Å². The van der Waals surface area contributed by atoms with Crippen molar-refractivity contribution in [3.05, 3.63) is 12.2 Å². The summed E-state index contributed by atoms with van der Waals surface area (Å²) in [5, 5.41) is 8.81. The summed E-state index contributed by atoms with van der Waals surface area (Å²) in [7, 11) is -4.67. The van der Waals surface area contributed by atoms with Gasteiger partial charge in [0.2, 0.25) is 0 Å². The van der Waals surface area contributed by atoms with Crippen LogP contribution in [0.5, 0.6) is 0 Å². The Hall–Kier alpha value is -0.430. The molecule has 0 saturated carbocycles. The van der Waals surface area contributed by atoms with Crippen LogP contribution >= 0.6 is 0 Å². The molecule has 0 aromatic rings. The Kier molecular flexibility index (Phi) is 4.40. The second-order valence-electron chi connectivity index (χ2n) is 2.61. The van der Waals surface area contributed by atoms with Gasteiger partial charge >= 0.3 is 10.4 Å². The van der Waals surface area contributed by atoms with Gasteiger partial charge in [0, 0.05) is 0 Å². The first-order valence-corrected chi connectivity index (χ1v) is 4.75. The van der Waals surface area contributed by atoms with Gasteiger partial charge in [0.1, 0.15) is 0 Å². The number of rotatable bonds is 0. The normalized spacial score (nSPS) is 28.0. The third-order valence-electron chi connectivity index (χ3n) is 1.28. The monoisotopic (exact) mass is 196 g/mol. The fourth-order valence-electron chi connectivity index (χ4n) is 0.856. The molecule has 0 aromatic heterocycles. The van der Waals surface area contributed by atoms with E-state index >= 15 is 0 Å². The quantitative estimate of drug-likeness (QED) is 0.382. The molecular weight excluding hydrogens is 184 g/mol. The molecule has 0 fully saturated rings. The molecule has 0 heterocycles. The smallest absolute Gasteiger partial charge is 0.389 e. The summed E-state index contributed by atoms with van der Waals surface area (Å²) < 4.78 is 31.6. The molecule has 0 unspecified atom stereocenters. The molecular formula is C6H12O5S. The number of hydrogen-bond acceptors (Lipinski definition) is 3. The van der Waals surface area contributed by atoms with Crippen LogP contribution in [0, 0.1) is 5.92 Å². The SMILES string of the molecule is C[C@@H]1C=C[C@H](O)C1.O=S(=O)(O)O. The number of hydrogen-bond donors (Lipinski definition) is 3. The van der Waals surface area contributed by atoms with E-state index in [-0.39, 0.29) is 6.10 Å². The molecule has 0 aromatic carbocycles. The van der Waals surface area contributed by atoms with E-state index in [0.29, 0.717) is 5.92 Å². The lowest BCUT2D eigenvalue weighted by Gasteiger charge is -1.96. The van der Waals surface area contributed by atoms with Crippen molar-refractivity contribution in [2.24, 2.45) is 5.92 Å². The van der Waals surface area contributed by atoms with Crippen LogP contribution in [-0.2, 0) is 10.4 Å². The summed E-state index contributed by atoms with van der Waals surface area (Å²) in [5.41, 5.74) is 0. The first-order valence-electron chi connectivity index (χ1n) is 3.35. The number of aliphatic hydroxyl groups is 1. The van der Waals surface area contributed by atoms with Crippen molar-refractivity contribution in [1.82, 2.24) is 0 Å². The fraction of sp³-hybridized carbons (Fsp3) is 0.667. The zero-order valence-electron chi connectivity index (χ0n) is 6.58. The molecule has 3 N–H and O–H groups in total. The maximum atomic E-state index is 8.81. The molecule has 12 heavy (non-hydrogen) atoms. The Morgan fingerprint density at radius 3 is 1.83 bits per heavy atom. The van der Waals surface area contributed by atoms with Crippen molar-refractivity contribution in [1.29, 1.82) is 0 Å². The summed E-state index contributed by atoms with van der Waals surface area (Å²) in [6.07, 6.45) is 4.66. The number of aliphatic hydroxyl groups excluding tert-OH is 1. The van der Waals surface area contributed by atoms with Crippen molar-refractivity contribution < 1.29 is 22.6 Å². The lowest BCUT2D eigenvalue weighted by atomic mass is 10.1. The number of allylic oxidation sites excluding steroid dienone is 1. The van der Waals surface area contributed by atoms with Crippen LogP contribution in [-0.4, -0.2) is 28.7 Å². The summed E-state index contributed by atoms with van der Waals surface area (Å²) in [4.78, 5) is 0. The topological polar surface area (TPSA) is 94.8 Å². The third-order valence-corrected chi connectivity index (χ3v) is 1.28. The maximum Gasteiger partial charge on any atom is 0.394 e. The van der Waals surface area contributed by atoms with Gasteiger partial charge in [-0.05, 0) is 12.3 Å². The van der Waals surface area contributed by atoms with Gasteiger partial charge in [-0.1, -0.05) is 19.1 Å². The molecule has 0 amide bonds. The zero-order chi connectivity index (χ0) is 9.78. The van der Waals surface area contributed by atoms with Gasteiger partial charge in [-0.25, -0.2) is 0 Å². The second kappa shape index (κ2) is 4.56. The predicted octanol–water partition coefficient (Wildman–Crippen LogP) is 0.290. The first-order chi connectivity index (χ1) is 5.29. The minimum Gasteiger partial charge on any atom is -0.389 e. The van der Waals surface area contributed by atoms with Crippen LogP contribution in [0.25, 0.3) is 0 Å². The van der Waals surface area contributed by atoms with E-state index in [9.17, 15) is 0 Å². The zero-order valence-corrected chi connectivity index (χ0v) is 7.40. The van der Waals surface area contributed by atoms with Crippen molar-refractivity contribution in [2.75, 3.05) is 0 Å². The molecule has 1 aliphatic carbocycles. The van der Waals surface area contributed by atoms with Crippen LogP contribution in [0.4, 0.5) is 0 Å². The van der Waals surface area contributed by atoms with E-state index < -0.39 is 10.4 Å². The molecule has 0 saturated heterocycles. The van der Waals surface area contributed by atoms with Gasteiger partial charge in [-0.3, -0.25) is 9.11 Å². The van der Waals surface area contributed by atoms with Gasteiger partial charge in [-0.15, -0.1) is 0 Å². The van der Waals surface area contributed by atoms with Crippen LogP contribution in [0.1, 0.15) is 13.3 Å². The molecule has 0 bridgehead atoms. The average Bonchev–Trinajstić information content (AvgIpc) is 2.09. The Bertz CT molecular complexity index is 225. The van der Waals surface area contributed by atoms with E-state index in [1.54, 1.807) is 0 Å². The highest BCUT2D eigenvalue weighted by Crippen LogP contribution is 2.15. The molecule has 1 rings (SSSR count). The molecule has 1 aliphatic rings.